The molecule has 21 heavy (non-hydrogen) atoms. The average molecular weight is 285 g/mol. The van der Waals surface area contributed by atoms with Gasteiger partial charge in [-0.1, -0.05) is 12.1 Å². The molecule has 0 amide bonds. The van der Waals surface area contributed by atoms with Gasteiger partial charge in [0.25, 0.3) is 0 Å². The lowest BCUT2D eigenvalue weighted by molar-refractivity contribution is -0.575. The van der Waals surface area contributed by atoms with Crippen LogP contribution in [-0.2, 0) is 9.53 Å². The van der Waals surface area contributed by atoms with Gasteiger partial charge >= 0.3 is 5.97 Å². The van der Waals surface area contributed by atoms with Crippen LogP contribution < -0.4 is 4.73 Å². The Hall–Kier alpha value is -2.63. The molecule has 0 saturated carbocycles. The molecule has 0 radical (unpaired) electrons. The number of esters is 1. The van der Waals surface area contributed by atoms with Crippen LogP contribution in [-0.4, -0.2) is 22.1 Å². The fraction of sp³-hybridized carbons (Fsp3) is 0.267. The smallest absolute Gasteiger partial charge is 0.302 e. The van der Waals surface area contributed by atoms with Crippen LogP contribution in [0.25, 0.3) is 21.9 Å². The lowest BCUT2D eigenvalue weighted by Crippen LogP contribution is -2.26. The van der Waals surface area contributed by atoms with E-state index in [1.54, 1.807) is 12.4 Å². The number of para-hydroxylation sites is 1. The zero-order chi connectivity index (χ0) is 15.0. The van der Waals surface area contributed by atoms with E-state index in [1.807, 2.05) is 29.7 Å². The van der Waals surface area contributed by atoms with Crippen LogP contribution >= 0.6 is 0 Å². The first-order valence-corrected chi connectivity index (χ1v) is 6.68. The number of imidazole rings is 1. The van der Waals surface area contributed by atoms with Gasteiger partial charge in [0.2, 0.25) is 11.7 Å². The number of rotatable bonds is 3. The van der Waals surface area contributed by atoms with Crippen molar-refractivity contribution in [2.75, 3.05) is 6.61 Å². The molecular formula is C15H15N3O3. The monoisotopic (exact) mass is 285 g/mol. The summed E-state index contributed by atoms with van der Waals surface area (Å²) in [6, 6.07) is 7.31. The van der Waals surface area contributed by atoms with Gasteiger partial charge in [-0.05, 0) is 13.0 Å². The normalized spacial score (nSPS) is 12.7. The summed E-state index contributed by atoms with van der Waals surface area (Å²) in [4.78, 5) is 15.2. The SMILES string of the molecule is CC(=O)OCC(C)n1cnc2c[n+]([O-])c3ccccc3c21. The Bertz CT molecular complexity index is 826. The molecule has 0 spiro atoms. The van der Waals surface area contributed by atoms with Gasteiger partial charge in [0.15, 0.2) is 5.52 Å². The highest BCUT2D eigenvalue weighted by Crippen LogP contribution is 2.24. The topological polar surface area (TPSA) is 71.1 Å². The first kappa shape index (κ1) is 13.4. The molecule has 0 aliphatic heterocycles. The molecule has 3 rings (SSSR count). The minimum absolute atomic E-state index is 0.0650. The van der Waals surface area contributed by atoms with Crippen LogP contribution in [0.2, 0.25) is 0 Å². The summed E-state index contributed by atoms with van der Waals surface area (Å²) in [7, 11) is 0. The van der Waals surface area contributed by atoms with E-state index in [2.05, 4.69) is 4.98 Å². The summed E-state index contributed by atoms with van der Waals surface area (Å²) >= 11 is 0. The zero-order valence-electron chi connectivity index (χ0n) is 11.8. The Balaban J connectivity index is 2.16. The van der Waals surface area contributed by atoms with Gasteiger partial charge < -0.3 is 14.5 Å². The molecule has 6 nitrogen and oxygen atoms in total. The zero-order valence-corrected chi connectivity index (χ0v) is 11.8. The number of hydrogen-bond donors (Lipinski definition) is 0. The highest BCUT2D eigenvalue weighted by atomic mass is 16.5. The number of carbonyl (C=O) groups excluding carboxylic acids is 1. The molecule has 3 aromatic rings. The minimum Gasteiger partial charge on any atom is -0.618 e. The number of hydrogen-bond acceptors (Lipinski definition) is 4. The van der Waals surface area contributed by atoms with E-state index < -0.39 is 0 Å². The van der Waals surface area contributed by atoms with E-state index in [9.17, 15) is 10.0 Å². The second-order valence-corrected chi connectivity index (χ2v) is 5.01. The highest BCUT2D eigenvalue weighted by molar-refractivity contribution is 6.00. The third-order valence-corrected chi connectivity index (χ3v) is 3.46. The second-order valence-electron chi connectivity index (χ2n) is 5.01. The second kappa shape index (κ2) is 5.05. The van der Waals surface area contributed by atoms with Crippen LogP contribution in [0.4, 0.5) is 0 Å². The van der Waals surface area contributed by atoms with Crippen LogP contribution in [0.3, 0.4) is 0 Å². The Morgan fingerprint density at radius 1 is 1.48 bits per heavy atom. The molecule has 1 atom stereocenters. The minimum atomic E-state index is -0.312. The molecule has 6 heteroatoms. The summed E-state index contributed by atoms with van der Waals surface area (Å²) in [6.07, 6.45) is 3.14. The van der Waals surface area contributed by atoms with E-state index in [4.69, 9.17) is 4.74 Å². The summed E-state index contributed by atoms with van der Waals surface area (Å²) < 4.78 is 7.81. The number of carbonyl (C=O) groups is 1. The molecule has 0 fully saturated rings. The van der Waals surface area contributed by atoms with Crippen molar-refractivity contribution < 1.29 is 14.3 Å². The molecule has 0 aliphatic rings. The van der Waals surface area contributed by atoms with Gasteiger partial charge in [0.1, 0.15) is 6.61 Å². The first-order valence-electron chi connectivity index (χ1n) is 6.68. The van der Waals surface area contributed by atoms with Crippen molar-refractivity contribution in [2.45, 2.75) is 19.9 Å². The fourth-order valence-corrected chi connectivity index (χ4v) is 2.45. The lowest BCUT2D eigenvalue weighted by Gasteiger charge is -2.14. The molecule has 0 N–H and O–H groups in total. The predicted octanol–water partition coefficient (Wildman–Crippen LogP) is 1.95. The van der Waals surface area contributed by atoms with Crippen molar-refractivity contribution >= 4 is 27.9 Å². The van der Waals surface area contributed by atoms with E-state index >= 15 is 0 Å². The molecule has 108 valence electrons. The van der Waals surface area contributed by atoms with Crippen LogP contribution in [0.15, 0.2) is 36.8 Å². The van der Waals surface area contributed by atoms with Crippen molar-refractivity contribution in [2.24, 2.45) is 0 Å². The van der Waals surface area contributed by atoms with Gasteiger partial charge in [0.05, 0.1) is 23.3 Å². The third-order valence-electron chi connectivity index (χ3n) is 3.46. The van der Waals surface area contributed by atoms with Crippen LogP contribution in [0, 0.1) is 5.21 Å². The summed E-state index contributed by atoms with van der Waals surface area (Å²) in [5.74, 6) is -0.312. The molecule has 1 unspecified atom stereocenters. The van der Waals surface area contributed by atoms with E-state index in [1.165, 1.54) is 13.1 Å². The molecule has 2 heterocycles. The molecule has 0 aliphatic carbocycles. The molecule has 0 bridgehead atoms. The summed E-state index contributed by atoms with van der Waals surface area (Å²) in [5, 5.41) is 12.8. The lowest BCUT2D eigenvalue weighted by atomic mass is 10.2. The Labute approximate surface area is 121 Å². The molecule has 1 aromatic carbocycles. The van der Waals surface area contributed by atoms with Crippen molar-refractivity contribution in [3.05, 3.63) is 42.0 Å². The van der Waals surface area contributed by atoms with Gasteiger partial charge in [-0.2, -0.15) is 4.73 Å². The Kier molecular flexibility index (Phi) is 3.21. The highest BCUT2D eigenvalue weighted by Gasteiger charge is 2.17. The van der Waals surface area contributed by atoms with Crippen molar-refractivity contribution in [3.8, 4) is 0 Å². The Morgan fingerprint density at radius 3 is 3.00 bits per heavy atom. The van der Waals surface area contributed by atoms with Gasteiger partial charge in [-0.15, -0.1) is 0 Å². The maximum Gasteiger partial charge on any atom is 0.302 e. The van der Waals surface area contributed by atoms with Crippen LogP contribution in [0.5, 0.6) is 0 Å². The summed E-state index contributed by atoms with van der Waals surface area (Å²) in [6.45, 7) is 3.59. The van der Waals surface area contributed by atoms with Gasteiger partial charge in [-0.3, -0.25) is 4.79 Å². The predicted molar refractivity (Wildman–Crippen MR) is 77.5 cm³/mol. The molecular weight excluding hydrogens is 270 g/mol. The maximum atomic E-state index is 12.0. The standard InChI is InChI=1S/C15H15N3O3/c1-10(8-21-11(2)19)17-9-16-13-7-18(20)14-6-4-3-5-12(14)15(13)17/h3-7,9-10H,8H2,1-2H3. The third kappa shape index (κ3) is 2.29. The van der Waals surface area contributed by atoms with Crippen molar-refractivity contribution in [1.82, 2.24) is 9.55 Å². The van der Waals surface area contributed by atoms with Crippen molar-refractivity contribution in [3.63, 3.8) is 0 Å². The number of benzene rings is 1. The largest absolute Gasteiger partial charge is 0.618 e. The fourth-order valence-electron chi connectivity index (χ4n) is 2.45. The van der Waals surface area contributed by atoms with E-state index in [0.29, 0.717) is 11.0 Å². The number of ether oxygens (including phenoxy) is 1. The van der Waals surface area contributed by atoms with E-state index in [-0.39, 0.29) is 18.6 Å². The van der Waals surface area contributed by atoms with Gasteiger partial charge in [-0.25, -0.2) is 4.98 Å². The summed E-state index contributed by atoms with van der Waals surface area (Å²) in [5.41, 5.74) is 2.09. The van der Waals surface area contributed by atoms with E-state index in [0.717, 1.165) is 15.6 Å². The molecule has 2 aromatic heterocycles. The molecule has 0 saturated heterocycles. The van der Waals surface area contributed by atoms with Gasteiger partial charge in [0, 0.05) is 13.0 Å². The average Bonchev–Trinajstić information content (AvgIpc) is 2.89. The number of aromatic nitrogens is 3. The number of nitrogens with zero attached hydrogens (tertiary/aromatic N) is 3. The van der Waals surface area contributed by atoms with Crippen LogP contribution in [0.1, 0.15) is 19.9 Å². The Morgan fingerprint density at radius 2 is 2.24 bits per heavy atom. The first-order chi connectivity index (χ1) is 10.1. The maximum absolute atomic E-state index is 12.0. The van der Waals surface area contributed by atoms with Crippen molar-refractivity contribution in [1.29, 1.82) is 0 Å². The number of fused-ring (bicyclic) bond motifs is 3. The quantitative estimate of drug-likeness (QED) is 0.419. The number of pyridine rings is 1.